The van der Waals surface area contributed by atoms with E-state index in [0.29, 0.717) is 11.1 Å². The maximum absolute atomic E-state index is 13.4. The van der Waals surface area contributed by atoms with Gasteiger partial charge in [-0.05, 0) is 30.9 Å². The van der Waals surface area contributed by atoms with Gasteiger partial charge in [-0.15, -0.1) is 0 Å². The van der Waals surface area contributed by atoms with Gasteiger partial charge in [0.25, 0.3) is 0 Å². The molecule has 4 rings (SSSR count). The zero-order chi connectivity index (χ0) is 30.4. The van der Waals surface area contributed by atoms with Crippen LogP contribution in [-0.4, -0.2) is 62.6 Å². The van der Waals surface area contributed by atoms with Crippen LogP contribution in [0.5, 0.6) is 0 Å². The van der Waals surface area contributed by atoms with E-state index in [1.165, 1.54) is 25.8 Å². The summed E-state index contributed by atoms with van der Waals surface area (Å²) in [5.41, 5.74) is -4.93. The SMILES string of the molecule is CCCCCC/C=C/C=C\C(=O)OC1[C@@H](C)[C@@]2(OC(C)=O)[C@@H](C=C(CO)C[C@]3(O)C(=O)C(C)=C[C@@H]23)[C@@H]2C(C)(C)[C@]12O. The van der Waals surface area contributed by atoms with Crippen molar-refractivity contribution in [3.05, 3.63) is 47.6 Å². The van der Waals surface area contributed by atoms with Crippen LogP contribution in [0.15, 0.2) is 47.6 Å². The normalized spacial score (nSPS) is 39.0. The van der Waals surface area contributed by atoms with E-state index in [1.54, 1.807) is 38.2 Å². The first-order chi connectivity index (χ1) is 19.2. The third-order valence-corrected chi connectivity index (χ3v) is 10.2. The van der Waals surface area contributed by atoms with Crippen LogP contribution in [0.1, 0.15) is 80.1 Å². The van der Waals surface area contributed by atoms with Crippen LogP contribution >= 0.6 is 0 Å². The highest BCUT2D eigenvalue weighted by Gasteiger charge is 2.86. The number of esters is 2. The van der Waals surface area contributed by atoms with E-state index in [-0.39, 0.29) is 6.42 Å². The zero-order valence-corrected chi connectivity index (χ0v) is 25.2. The molecule has 2 saturated carbocycles. The molecule has 0 spiro atoms. The minimum atomic E-state index is -1.96. The lowest BCUT2D eigenvalue weighted by Gasteiger charge is -2.54. The number of unbranched alkanes of at least 4 members (excludes halogenated alkanes) is 4. The van der Waals surface area contributed by atoms with Crippen molar-refractivity contribution in [1.82, 2.24) is 0 Å². The van der Waals surface area contributed by atoms with E-state index < -0.39 is 76.3 Å². The van der Waals surface area contributed by atoms with E-state index in [2.05, 4.69) is 6.92 Å². The maximum Gasteiger partial charge on any atom is 0.331 e. The van der Waals surface area contributed by atoms with Crippen molar-refractivity contribution in [3.63, 3.8) is 0 Å². The van der Waals surface area contributed by atoms with Crippen LogP contribution < -0.4 is 0 Å². The summed E-state index contributed by atoms with van der Waals surface area (Å²) >= 11 is 0. The Morgan fingerprint density at radius 2 is 1.83 bits per heavy atom. The second kappa shape index (κ2) is 11.3. The third kappa shape index (κ3) is 4.86. The molecule has 0 heterocycles. The fraction of sp³-hybridized carbons (Fsp3) is 0.667. The molecule has 8 heteroatoms. The largest absolute Gasteiger partial charge is 0.457 e. The average Bonchev–Trinajstić information content (AvgIpc) is 3.31. The van der Waals surface area contributed by atoms with E-state index in [1.807, 2.05) is 19.9 Å². The quantitative estimate of drug-likeness (QED) is 0.118. The van der Waals surface area contributed by atoms with Gasteiger partial charge < -0.3 is 24.8 Å². The Kier molecular flexibility index (Phi) is 8.63. The number of rotatable bonds is 10. The van der Waals surface area contributed by atoms with Gasteiger partial charge in [0, 0.05) is 42.6 Å². The van der Waals surface area contributed by atoms with E-state index >= 15 is 0 Å². The molecule has 0 radical (unpaired) electrons. The Labute approximate surface area is 243 Å². The fourth-order valence-electron chi connectivity index (χ4n) is 8.21. The molecule has 0 aliphatic heterocycles. The van der Waals surface area contributed by atoms with Crippen molar-refractivity contribution in [3.8, 4) is 0 Å². The van der Waals surface area contributed by atoms with Crippen molar-refractivity contribution in [2.75, 3.05) is 6.61 Å². The molecule has 8 nitrogen and oxygen atoms in total. The summed E-state index contributed by atoms with van der Waals surface area (Å²) < 4.78 is 12.2. The third-order valence-electron chi connectivity index (χ3n) is 10.2. The first-order valence-electron chi connectivity index (χ1n) is 14.9. The van der Waals surface area contributed by atoms with Crippen LogP contribution in [0, 0.1) is 29.1 Å². The van der Waals surface area contributed by atoms with Gasteiger partial charge in [0.15, 0.2) is 5.78 Å². The van der Waals surface area contributed by atoms with E-state index in [9.17, 15) is 29.7 Å². The number of aliphatic hydroxyl groups is 3. The summed E-state index contributed by atoms with van der Waals surface area (Å²) in [6.45, 7) is 10.1. The average molecular weight is 571 g/mol. The van der Waals surface area contributed by atoms with E-state index in [4.69, 9.17) is 9.47 Å². The molecule has 8 atom stereocenters. The number of allylic oxidation sites excluding steroid dienone is 3. The van der Waals surface area contributed by atoms with Crippen molar-refractivity contribution in [2.24, 2.45) is 29.1 Å². The Morgan fingerprint density at radius 1 is 1.12 bits per heavy atom. The predicted molar refractivity (Wildman–Crippen MR) is 153 cm³/mol. The smallest absolute Gasteiger partial charge is 0.331 e. The summed E-state index contributed by atoms with van der Waals surface area (Å²) in [4.78, 5) is 39.2. The van der Waals surface area contributed by atoms with Crippen molar-refractivity contribution in [1.29, 1.82) is 0 Å². The molecule has 4 aliphatic rings. The number of Topliss-reactive ketones (excluding diaryl/α,β-unsaturated/α-hetero) is 1. The molecule has 226 valence electrons. The molecule has 0 aromatic rings. The molecular weight excluding hydrogens is 524 g/mol. The number of carbonyl (C=O) groups excluding carboxylic acids is 3. The molecule has 2 fully saturated rings. The lowest BCUT2D eigenvalue weighted by Crippen LogP contribution is -2.67. The molecule has 1 unspecified atom stereocenters. The highest BCUT2D eigenvalue weighted by Crippen LogP contribution is 2.76. The molecule has 0 bridgehead atoms. The number of hydrogen-bond donors (Lipinski definition) is 3. The molecule has 4 aliphatic carbocycles. The summed E-state index contributed by atoms with van der Waals surface area (Å²) in [5, 5.41) is 34.3. The Hall–Kier alpha value is -2.55. The lowest BCUT2D eigenvalue weighted by molar-refractivity contribution is -0.233. The minimum Gasteiger partial charge on any atom is -0.457 e. The van der Waals surface area contributed by atoms with Gasteiger partial charge in [-0.1, -0.05) is 77.3 Å². The van der Waals surface area contributed by atoms with E-state index in [0.717, 1.165) is 19.3 Å². The van der Waals surface area contributed by atoms with Crippen molar-refractivity contribution in [2.45, 2.75) is 103 Å². The Morgan fingerprint density at radius 3 is 2.46 bits per heavy atom. The maximum atomic E-state index is 13.4. The summed E-state index contributed by atoms with van der Waals surface area (Å²) in [6.07, 6.45) is 14.5. The standard InChI is InChI=1S/C33H46O8/c1-7-8-9-10-11-12-13-14-15-26(36)40-29-21(3)32(41-22(4)35)24(27-30(5,6)33(27,29)39)17-23(19-34)18-31(38)25(32)16-20(2)28(31)37/h12-17,21,24-25,27,29,34,38-39H,7-11,18-19H2,1-6H3/b13-12+,15-14-/t21-,24+,25-,27-,29?,31-,32-,33-/m1/s1. The molecule has 3 N–H and O–H groups in total. The van der Waals surface area contributed by atoms with Gasteiger partial charge in [-0.3, -0.25) is 9.59 Å². The van der Waals surface area contributed by atoms with Crippen LogP contribution in [-0.2, 0) is 23.9 Å². The molecule has 0 saturated heterocycles. The van der Waals surface area contributed by atoms with Gasteiger partial charge in [0.2, 0.25) is 0 Å². The Balaban J connectivity index is 1.73. The van der Waals surface area contributed by atoms with Gasteiger partial charge in [-0.25, -0.2) is 4.79 Å². The molecular formula is C33H46O8. The first kappa shape index (κ1) is 31.4. The topological polar surface area (TPSA) is 130 Å². The Bertz CT molecular complexity index is 1190. The predicted octanol–water partition coefficient (Wildman–Crippen LogP) is 4.13. The second-order valence-corrected chi connectivity index (χ2v) is 13.0. The van der Waals surface area contributed by atoms with Crippen LogP contribution in [0.2, 0.25) is 0 Å². The summed E-state index contributed by atoms with van der Waals surface area (Å²) in [5.74, 6) is -4.73. The van der Waals surface area contributed by atoms with Gasteiger partial charge in [0.1, 0.15) is 22.9 Å². The minimum absolute atomic E-state index is 0.128. The highest BCUT2D eigenvalue weighted by atomic mass is 16.6. The number of aliphatic hydroxyl groups excluding tert-OH is 1. The monoisotopic (exact) mass is 570 g/mol. The zero-order valence-electron chi connectivity index (χ0n) is 25.2. The lowest BCUT2D eigenvalue weighted by atomic mass is 9.58. The molecule has 0 aromatic heterocycles. The van der Waals surface area contributed by atoms with Crippen molar-refractivity contribution < 1.29 is 39.2 Å². The van der Waals surface area contributed by atoms with Gasteiger partial charge >= 0.3 is 11.9 Å². The number of hydrogen-bond acceptors (Lipinski definition) is 8. The van der Waals surface area contributed by atoms with Gasteiger partial charge in [0.05, 0.1) is 12.5 Å². The highest BCUT2D eigenvalue weighted by molar-refractivity contribution is 6.05. The van der Waals surface area contributed by atoms with Gasteiger partial charge in [-0.2, -0.15) is 0 Å². The first-order valence-corrected chi connectivity index (χ1v) is 14.9. The second-order valence-electron chi connectivity index (χ2n) is 13.0. The number of ketones is 1. The van der Waals surface area contributed by atoms with Crippen molar-refractivity contribution >= 4 is 17.7 Å². The van der Waals surface area contributed by atoms with Crippen LogP contribution in [0.4, 0.5) is 0 Å². The molecule has 0 amide bonds. The van der Waals surface area contributed by atoms with Crippen LogP contribution in [0.3, 0.4) is 0 Å². The summed E-state index contributed by atoms with van der Waals surface area (Å²) in [7, 11) is 0. The van der Waals surface area contributed by atoms with Crippen LogP contribution in [0.25, 0.3) is 0 Å². The fourth-order valence-corrected chi connectivity index (χ4v) is 8.21. The molecule has 41 heavy (non-hydrogen) atoms. The number of fused-ring (bicyclic) bond motifs is 5. The summed E-state index contributed by atoms with van der Waals surface area (Å²) in [6, 6.07) is 0. The number of ether oxygens (including phenoxy) is 2. The number of carbonyl (C=O) groups is 3. The molecule has 0 aromatic carbocycles.